The molecule has 1 atom stereocenters. The summed E-state index contributed by atoms with van der Waals surface area (Å²) in [5.74, 6) is 0.208. The molecule has 154 valence electrons. The minimum absolute atomic E-state index is 0.0587. The molecule has 4 aromatic rings. The Bertz CT molecular complexity index is 1250. The smallest absolute Gasteiger partial charge is 0.265 e. The number of carbonyl (C=O) groups is 2. The normalized spacial score (nSPS) is 11.7. The van der Waals surface area contributed by atoms with Crippen LogP contribution >= 0.6 is 0 Å². The van der Waals surface area contributed by atoms with E-state index in [0.29, 0.717) is 17.0 Å². The zero-order chi connectivity index (χ0) is 21.8. The van der Waals surface area contributed by atoms with Crippen molar-refractivity contribution in [3.63, 3.8) is 0 Å². The largest absolute Gasteiger partial charge is 0.481 e. The van der Waals surface area contributed by atoms with Gasteiger partial charge in [-0.05, 0) is 62.4 Å². The summed E-state index contributed by atoms with van der Waals surface area (Å²) in [4.78, 5) is 33.1. The summed E-state index contributed by atoms with van der Waals surface area (Å²) in [6.07, 6.45) is 1.02. The second-order valence-corrected chi connectivity index (χ2v) is 7.15. The van der Waals surface area contributed by atoms with Crippen molar-refractivity contribution in [2.24, 2.45) is 0 Å². The Morgan fingerprint density at radius 1 is 0.935 bits per heavy atom. The number of aromatic nitrogens is 2. The molecule has 3 aromatic carbocycles. The molecule has 1 unspecified atom stereocenters. The van der Waals surface area contributed by atoms with E-state index in [1.54, 1.807) is 49.5 Å². The minimum atomic E-state index is -0.715. The van der Waals surface area contributed by atoms with E-state index in [4.69, 9.17) is 4.74 Å². The molecule has 0 aliphatic rings. The van der Waals surface area contributed by atoms with Crippen LogP contribution in [0.1, 0.15) is 24.2 Å². The number of para-hydroxylation sites is 2. The van der Waals surface area contributed by atoms with Crippen LogP contribution in [-0.4, -0.2) is 27.8 Å². The first kappa shape index (κ1) is 20.2. The van der Waals surface area contributed by atoms with Crippen molar-refractivity contribution in [2.45, 2.75) is 20.0 Å². The molecule has 4 rings (SSSR count). The fraction of sp³-hybridized carbons (Fsp3) is 0.120. The number of nitrogens with one attached hydrogen (secondary N) is 1. The summed E-state index contributed by atoms with van der Waals surface area (Å²) in [6, 6.07) is 21.9. The van der Waals surface area contributed by atoms with Crippen LogP contribution in [0.3, 0.4) is 0 Å². The minimum Gasteiger partial charge on any atom is -0.481 e. The van der Waals surface area contributed by atoms with Gasteiger partial charge in [0.15, 0.2) is 11.9 Å². The fourth-order valence-corrected chi connectivity index (χ4v) is 3.12. The zero-order valence-corrected chi connectivity index (χ0v) is 17.2. The number of nitrogens with zero attached hydrogens (tertiary/aromatic N) is 2. The number of hydrogen-bond acceptors (Lipinski definition) is 5. The van der Waals surface area contributed by atoms with Crippen LogP contribution in [0.2, 0.25) is 0 Å². The van der Waals surface area contributed by atoms with Crippen LogP contribution in [0, 0.1) is 0 Å². The number of amides is 1. The lowest BCUT2D eigenvalue weighted by atomic mass is 10.1. The summed E-state index contributed by atoms with van der Waals surface area (Å²) < 4.78 is 5.77. The highest BCUT2D eigenvalue weighted by atomic mass is 16.5. The van der Waals surface area contributed by atoms with Gasteiger partial charge in [-0.2, -0.15) is 0 Å². The number of ether oxygens (including phenoxy) is 1. The van der Waals surface area contributed by atoms with Crippen LogP contribution in [0.4, 0.5) is 5.69 Å². The molecule has 0 saturated carbocycles. The molecular weight excluding hydrogens is 390 g/mol. The number of hydrogen-bond donors (Lipinski definition) is 1. The molecule has 1 aromatic heterocycles. The van der Waals surface area contributed by atoms with Crippen molar-refractivity contribution in [1.29, 1.82) is 0 Å². The predicted molar refractivity (Wildman–Crippen MR) is 120 cm³/mol. The molecule has 0 aliphatic carbocycles. The van der Waals surface area contributed by atoms with Crippen molar-refractivity contribution < 1.29 is 14.3 Å². The number of benzene rings is 3. The van der Waals surface area contributed by atoms with Crippen molar-refractivity contribution >= 4 is 28.4 Å². The van der Waals surface area contributed by atoms with Crippen LogP contribution < -0.4 is 10.1 Å². The SMILES string of the molecule is CC(=O)c1cccc(NC(=O)C(C)Oc2ccc(-c3cnc4ccccc4n3)cc2)c1. The van der Waals surface area contributed by atoms with Crippen molar-refractivity contribution in [3.8, 4) is 17.0 Å². The Hall–Kier alpha value is -4.06. The molecular formula is C25H21N3O3. The zero-order valence-electron chi connectivity index (χ0n) is 17.2. The summed E-state index contributed by atoms with van der Waals surface area (Å²) >= 11 is 0. The molecule has 0 spiro atoms. The second kappa shape index (κ2) is 8.75. The average molecular weight is 411 g/mol. The molecule has 0 fully saturated rings. The van der Waals surface area contributed by atoms with Crippen molar-refractivity contribution in [3.05, 3.63) is 84.6 Å². The number of Topliss-reactive ketones (excluding diaryl/α,β-unsaturated/α-hetero) is 1. The highest BCUT2D eigenvalue weighted by Crippen LogP contribution is 2.23. The monoisotopic (exact) mass is 411 g/mol. The van der Waals surface area contributed by atoms with Crippen molar-refractivity contribution in [2.75, 3.05) is 5.32 Å². The number of ketones is 1. The molecule has 1 N–H and O–H groups in total. The van der Waals surface area contributed by atoms with E-state index in [-0.39, 0.29) is 11.7 Å². The number of fused-ring (bicyclic) bond motifs is 1. The maximum atomic E-state index is 12.5. The van der Waals surface area contributed by atoms with Gasteiger partial charge in [-0.1, -0.05) is 24.3 Å². The number of anilines is 1. The molecule has 1 amide bonds. The highest BCUT2D eigenvalue weighted by Gasteiger charge is 2.15. The third-order valence-electron chi connectivity index (χ3n) is 4.82. The van der Waals surface area contributed by atoms with Crippen molar-refractivity contribution in [1.82, 2.24) is 9.97 Å². The summed E-state index contributed by atoms with van der Waals surface area (Å²) in [5, 5.41) is 2.78. The van der Waals surface area contributed by atoms with E-state index < -0.39 is 6.10 Å². The lowest BCUT2D eigenvalue weighted by Gasteiger charge is -2.15. The van der Waals surface area contributed by atoms with Crippen LogP contribution in [-0.2, 0) is 4.79 Å². The number of rotatable bonds is 6. The summed E-state index contributed by atoms with van der Waals surface area (Å²) in [5.41, 5.74) is 4.45. The Morgan fingerprint density at radius 3 is 2.42 bits per heavy atom. The van der Waals surface area contributed by atoms with Gasteiger partial charge in [0.2, 0.25) is 0 Å². The van der Waals surface area contributed by atoms with Gasteiger partial charge in [-0.3, -0.25) is 14.6 Å². The standard InChI is InChI=1S/C25H21N3O3/c1-16(29)19-6-5-7-20(14-19)27-25(30)17(2)31-21-12-10-18(11-13-21)24-15-26-22-8-3-4-9-23(22)28-24/h3-15,17H,1-2H3,(H,27,30). The molecule has 0 radical (unpaired) electrons. The van der Waals surface area contributed by atoms with Gasteiger partial charge in [0.05, 0.1) is 22.9 Å². The third-order valence-corrected chi connectivity index (χ3v) is 4.82. The highest BCUT2D eigenvalue weighted by molar-refractivity contribution is 5.98. The second-order valence-electron chi connectivity index (χ2n) is 7.15. The number of carbonyl (C=O) groups excluding carboxylic acids is 2. The van der Waals surface area contributed by atoms with E-state index in [2.05, 4.69) is 15.3 Å². The van der Waals surface area contributed by atoms with Crippen LogP contribution in [0.25, 0.3) is 22.3 Å². The summed E-state index contributed by atoms with van der Waals surface area (Å²) in [6.45, 7) is 3.16. The van der Waals surface area contributed by atoms with E-state index in [1.807, 2.05) is 36.4 Å². The fourth-order valence-electron chi connectivity index (χ4n) is 3.12. The van der Waals surface area contributed by atoms with Gasteiger partial charge in [-0.25, -0.2) is 4.98 Å². The van der Waals surface area contributed by atoms with Gasteiger partial charge in [0.25, 0.3) is 5.91 Å². The predicted octanol–water partition coefficient (Wildman–Crippen LogP) is 4.91. The Kier molecular flexibility index (Phi) is 5.71. The molecule has 0 bridgehead atoms. The lowest BCUT2D eigenvalue weighted by Crippen LogP contribution is -2.30. The van der Waals surface area contributed by atoms with Gasteiger partial charge in [0.1, 0.15) is 5.75 Å². The molecule has 31 heavy (non-hydrogen) atoms. The Balaban J connectivity index is 1.42. The van der Waals surface area contributed by atoms with Crippen LogP contribution in [0.5, 0.6) is 5.75 Å². The lowest BCUT2D eigenvalue weighted by molar-refractivity contribution is -0.122. The van der Waals surface area contributed by atoms with E-state index in [9.17, 15) is 9.59 Å². The Labute approximate surface area is 179 Å². The first-order chi connectivity index (χ1) is 15.0. The maximum absolute atomic E-state index is 12.5. The van der Waals surface area contributed by atoms with Crippen LogP contribution in [0.15, 0.2) is 79.0 Å². The Morgan fingerprint density at radius 2 is 1.68 bits per heavy atom. The molecule has 6 heteroatoms. The molecule has 1 heterocycles. The van der Waals surface area contributed by atoms with E-state index in [1.165, 1.54) is 6.92 Å². The third kappa shape index (κ3) is 4.75. The quantitative estimate of drug-likeness (QED) is 0.456. The van der Waals surface area contributed by atoms with Gasteiger partial charge < -0.3 is 10.1 Å². The topological polar surface area (TPSA) is 81.2 Å². The van der Waals surface area contributed by atoms with E-state index in [0.717, 1.165) is 22.3 Å². The van der Waals surface area contributed by atoms with E-state index >= 15 is 0 Å². The molecule has 0 aliphatic heterocycles. The molecule has 0 saturated heterocycles. The average Bonchev–Trinajstić information content (AvgIpc) is 2.79. The van der Waals surface area contributed by atoms with Gasteiger partial charge in [-0.15, -0.1) is 0 Å². The molecule has 6 nitrogen and oxygen atoms in total. The first-order valence-corrected chi connectivity index (χ1v) is 9.90. The maximum Gasteiger partial charge on any atom is 0.265 e. The first-order valence-electron chi connectivity index (χ1n) is 9.90. The van der Waals surface area contributed by atoms with Gasteiger partial charge >= 0.3 is 0 Å². The summed E-state index contributed by atoms with van der Waals surface area (Å²) in [7, 11) is 0. The van der Waals surface area contributed by atoms with Gasteiger partial charge in [0, 0.05) is 16.8 Å².